The lowest BCUT2D eigenvalue weighted by molar-refractivity contribution is -0.136. The molecule has 0 atom stereocenters. The maximum Gasteiger partial charge on any atom is 0.309 e. The Morgan fingerprint density at radius 2 is 1.96 bits per heavy atom. The molecule has 0 spiro atoms. The minimum absolute atomic E-state index is 0.0961. The molecule has 24 heavy (non-hydrogen) atoms. The van der Waals surface area contributed by atoms with E-state index in [0.29, 0.717) is 18.1 Å². The molecule has 0 radical (unpaired) electrons. The Kier molecular flexibility index (Phi) is 5.25. The monoisotopic (exact) mass is 347 g/mol. The fourth-order valence-electron chi connectivity index (χ4n) is 1.88. The molecule has 0 aliphatic carbocycles. The average Bonchev–Trinajstić information content (AvgIpc) is 2.92. The maximum absolute atomic E-state index is 10.8. The van der Waals surface area contributed by atoms with Crippen LogP contribution in [0, 0.1) is 0 Å². The Labute approximate surface area is 143 Å². The molecule has 0 amide bonds. The van der Waals surface area contributed by atoms with Gasteiger partial charge < -0.3 is 9.53 Å². The quantitative estimate of drug-likeness (QED) is 0.810. The van der Waals surface area contributed by atoms with E-state index in [2.05, 4.69) is 43.9 Å². The van der Waals surface area contributed by atoms with Gasteiger partial charge >= 0.3 is 5.97 Å². The number of hydrogen-bond acceptors (Lipinski definition) is 4. The molecule has 0 bridgehead atoms. The van der Waals surface area contributed by atoms with Gasteiger partial charge in [0.15, 0.2) is 14.1 Å². The standard InChI is InChI=1S/C17H25N3O3Si/c1-17(2,3)24(4,5)23-12-14-7-6-8-15(18-14)20-10-9-13(19-20)11-16(21)22/h6-10H,11-12H2,1-5H3,(H,21,22). The van der Waals surface area contributed by atoms with Crippen LogP contribution in [0.3, 0.4) is 0 Å². The van der Waals surface area contributed by atoms with E-state index in [1.807, 2.05) is 18.2 Å². The van der Waals surface area contributed by atoms with E-state index in [-0.39, 0.29) is 11.5 Å². The summed E-state index contributed by atoms with van der Waals surface area (Å²) < 4.78 is 7.79. The van der Waals surface area contributed by atoms with Gasteiger partial charge in [-0.25, -0.2) is 9.67 Å². The van der Waals surface area contributed by atoms with Crippen LogP contribution in [0.2, 0.25) is 18.1 Å². The van der Waals surface area contributed by atoms with Crippen LogP contribution in [0.1, 0.15) is 32.2 Å². The summed E-state index contributed by atoms with van der Waals surface area (Å²) in [6, 6.07) is 7.37. The third-order valence-electron chi connectivity index (χ3n) is 4.39. The summed E-state index contributed by atoms with van der Waals surface area (Å²) in [5.74, 6) is -0.243. The molecule has 0 unspecified atom stereocenters. The smallest absolute Gasteiger partial charge is 0.309 e. The number of carboxylic acid groups (broad SMARTS) is 1. The van der Waals surface area contributed by atoms with Crippen LogP contribution in [0.15, 0.2) is 30.5 Å². The second-order valence-corrected chi connectivity index (χ2v) is 12.2. The Bertz CT molecular complexity index is 720. The molecular weight excluding hydrogens is 322 g/mol. The zero-order valence-electron chi connectivity index (χ0n) is 14.9. The van der Waals surface area contributed by atoms with Crippen LogP contribution in [-0.2, 0) is 22.2 Å². The lowest BCUT2D eigenvalue weighted by Crippen LogP contribution is -2.40. The molecule has 0 aliphatic rings. The molecule has 7 heteroatoms. The Morgan fingerprint density at radius 3 is 2.58 bits per heavy atom. The van der Waals surface area contributed by atoms with Crippen molar-refractivity contribution in [3.8, 4) is 5.82 Å². The third kappa shape index (κ3) is 4.52. The highest BCUT2D eigenvalue weighted by molar-refractivity contribution is 6.74. The maximum atomic E-state index is 10.8. The minimum Gasteiger partial charge on any atom is -0.481 e. The topological polar surface area (TPSA) is 77.2 Å². The van der Waals surface area contributed by atoms with Crippen molar-refractivity contribution in [3.05, 3.63) is 41.9 Å². The highest BCUT2D eigenvalue weighted by atomic mass is 28.4. The summed E-state index contributed by atoms with van der Waals surface area (Å²) in [5, 5.41) is 13.2. The van der Waals surface area contributed by atoms with E-state index < -0.39 is 14.3 Å². The van der Waals surface area contributed by atoms with Crippen molar-refractivity contribution in [2.45, 2.75) is 51.9 Å². The molecule has 6 nitrogen and oxygen atoms in total. The van der Waals surface area contributed by atoms with Crippen molar-refractivity contribution in [3.63, 3.8) is 0 Å². The molecule has 2 heterocycles. The van der Waals surface area contributed by atoms with Gasteiger partial charge in [0.25, 0.3) is 0 Å². The van der Waals surface area contributed by atoms with Gasteiger partial charge in [0.1, 0.15) is 0 Å². The largest absolute Gasteiger partial charge is 0.481 e. The summed E-state index contributed by atoms with van der Waals surface area (Å²) in [5.41, 5.74) is 1.35. The predicted molar refractivity (Wildman–Crippen MR) is 94.7 cm³/mol. The highest BCUT2D eigenvalue weighted by Crippen LogP contribution is 2.36. The van der Waals surface area contributed by atoms with Gasteiger partial charge in [-0.05, 0) is 36.3 Å². The van der Waals surface area contributed by atoms with Crippen LogP contribution >= 0.6 is 0 Å². The number of carbonyl (C=O) groups is 1. The molecule has 0 aliphatic heterocycles. The van der Waals surface area contributed by atoms with E-state index >= 15 is 0 Å². The fourth-order valence-corrected chi connectivity index (χ4v) is 2.83. The van der Waals surface area contributed by atoms with Crippen molar-refractivity contribution in [2.24, 2.45) is 0 Å². The zero-order chi connectivity index (χ0) is 18.0. The van der Waals surface area contributed by atoms with Crippen LogP contribution < -0.4 is 0 Å². The molecule has 2 aromatic rings. The van der Waals surface area contributed by atoms with E-state index in [0.717, 1.165) is 5.69 Å². The van der Waals surface area contributed by atoms with Gasteiger partial charge in [0, 0.05) is 6.20 Å². The van der Waals surface area contributed by atoms with Crippen LogP contribution in [0.5, 0.6) is 0 Å². The van der Waals surface area contributed by atoms with Crippen molar-refractivity contribution in [1.29, 1.82) is 0 Å². The van der Waals surface area contributed by atoms with Gasteiger partial charge in [-0.15, -0.1) is 0 Å². The molecule has 1 N–H and O–H groups in total. The van der Waals surface area contributed by atoms with Crippen LogP contribution in [0.4, 0.5) is 0 Å². The Morgan fingerprint density at radius 1 is 1.25 bits per heavy atom. The number of hydrogen-bond donors (Lipinski definition) is 1. The van der Waals surface area contributed by atoms with Crippen molar-refractivity contribution in [1.82, 2.24) is 14.8 Å². The fraction of sp³-hybridized carbons (Fsp3) is 0.471. The van der Waals surface area contributed by atoms with E-state index in [1.54, 1.807) is 16.9 Å². The summed E-state index contributed by atoms with van der Waals surface area (Å²) in [4.78, 5) is 15.3. The third-order valence-corrected chi connectivity index (χ3v) is 8.87. The molecule has 0 aromatic carbocycles. The van der Waals surface area contributed by atoms with Crippen LogP contribution in [0.25, 0.3) is 5.82 Å². The first-order chi connectivity index (χ1) is 11.1. The van der Waals surface area contributed by atoms with E-state index in [1.165, 1.54) is 0 Å². The normalized spacial score (nSPS) is 12.4. The molecule has 0 fully saturated rings. The lowest BCUT2D eigenvalue weighted by atomic mass is 10.2. The summed E-state index contributed by atoms with van der Waals surface area (Å²) in [6.07, 6.45) is 1.63. The first-order valence-corrected chi connectivity index (χ1v) is 10.9. The number of aromatic nitrogens is 3. The first kappa shape index (κ1) is 18.3. The van der Waals surface area contributed by atoms with Gasteiger partial charge in [-0.2, -0.15) is 5.10 Å². The minimum atomic E-state index is -1.83. The average molecular weight is 347 g/mol. The molecule has 130 valence electrons. The van der Waals surface area contributed by atoms with Gasteiger partial charge in [-0.3, -0.25) is 4.79 Å². The zero-order valence-corrected chi connectivity index (χ0v) is 15.9. The van der Waals surface area contributed by atoms with E-state index in [9.17, 15) is 4.79 Å². The summed E-state index contributed by atoms with van der Waals surface area (Å²) in [7, 11) is -1.83. The summed E-state index contributed by atoms with van der Waals surface area (Å²) in [6.45, 7) is 11.5. The van der Waals surface area contributed by atoms with Crippen molar-refractivity contribution >= 4 is 14.3 Å². The molecular formula is C17H25N3O3Si. The second kappa shape index (κ2) is 6.86. The molecule has 2 rings (SSSR count). The molecule has 0 saturated heterocycles. The number of pyridine rings is 1. The lowest BCUT2D eigenvalue weighted by Gasteiger charge is -2.36. The van der Waals surface area contributed by atoms with Crippen molar-refractivity contribution in [2.75, 3.05) is 0 Å². The van der Waals surface area contributed by atoms with E-state index in [4.69, 9.17) is 9.53 Å². The van der Waals surface area contributed by atoms with Gasteiger partial charge in [0.05, 0.1) is 24.4 Å². The molecule has 0 saturated carbocycles. The number of rotatable bonds is 6. The Balaban J connectivity index is 2.12. The summed E-state index contributed by atoms with van der Waals surface area (Å²) >= 11 is 0. The Hall–Kier alpha value is -1.99. The van der Waals surface area contributed by atoms with Crippen LogP contribution in [-0.4, -0.2) is 34.2 Å². The first-order valence-electron chi connectivity index (χ1n) is 7.95. The predicted octanol–water partition coefficient (Wildman–Crippen LogP) is 3.42. The molecule has 2 aromatic heterocycles. The number of nitrogens with zero attached hydrogens (tertiary/aromatic N) is 3. The second-order valence-electron chi connectivity index (χ2n) is 7.36. The van der Waals surface area contributed by atoms with Gasteiger partial charge in [-0.1, -0.05) is 26.8 Å². The van der Waals surface area contributed by atoms with Gasteiger partial charge in [0.2, 0.25) is 0 Å². The highest BCUT2D eigenvalue weighted by Gasteiger charge is 2.37. The number of carboxylic acids is 1. The van der Waals surface area contributed by atoms with Crippen molar-refractivity contribution < 1.29 is 14.3 Å². The number of aliphatic carboxylic acids is 1. The SMILES string of the molecule is CC(C)(C)[Si](C)(C)OCc1cccc(-n2ccc(CC(=O)O)n2)n1.